The average molecular weight is 184 g/mol. The highest BCUT2D eigenvalue weighted by molar-refractivity contribution is 5.18. The van der Waals surface area contributed by atoms with Gasteiger partial charge in [-0.2, -0.15) is 0 Å². The lowest BCUT2D eigenvalue weighted by Gasteiger charge is -2.17. The predicted molar refractivity (Wildman–Crippen MR) is 54.4 cm³/mol. The fraction of sp³-hybridized carbons (Fsp3) is 0.800. The predicted octanol–water partition coefficient (Wildman–Crippen LogP) is 0.960. The van der Waals surface area contributed by atoms with Gasteiger partial charge in [-0.1, -0.05) is 6.92 Å². The van der Waals surface area contributed by atoms with E-state index in [0.717, 1.165) is 25.2 Å². The van der Waals surface area contributed by atoms with Crippen LogP contribution in [0.4, 0.5) is 0 Å². The van der Waals surface area contributed by atoms with Crippen molar-refractivity contribution >= 4 is 0 Å². The van der Waals surface area contributed by atoms with E-state index in [1.165, 1.54) is 5.57 Å². The highest BCUT2D eigenvalue weighted by Crippen LogP contribution is 2.20. The molecule has 0 bridgehead atoms. The van der Waals surface area contributed by atoms with E-state index in [2.05, 4.69) is 25.8 Å². The van der Waals surface area contributed by atoms with Crippen LogP contribution in [0.25, 0.3) is 0 Å². The monoisotopic (exact) mass is 184 g/mol. The Labute approximate surface area is 80.5 Å². The van der Waals surface area contributed by atoms with Gasteiger partial charge in [0.05, 0.1) is 12.7 Å². The molecule has 0 fully saturated rings. The molecule has 0 aromatic rings. The topological polar surface area (TPSA) is 38.5 Å². The van der Waals surface area contributed by atoms with E-state index in [4.69, 9.17) is 10.5 Å². The third kappa shape index (κ3) is 2.71. The van der Waals surface area contributed by atoms with Crippen LogP contribution in [0.2, 0.25) is 0 Å². The zero-order valence-electron chi connectivity index (χ0n) is 8.84. The fourth-order valence-corrected chi connectivity index (χ4v) is 1.43. The van der Waals surface area contributed by atoms with E-state index in [-0.39, 0.29) is 6.10 Å². The minimum Gasteiger partial charge on any atom is -0.400 e. The van der Waals surface area contributed by atoms with E-state index in [1.807, 2.05) is 0 Å². The number of ether oxygens (including phenoxy) is 1. The van der Waals surface area contributed by atoms with Gasteiger partial charge in [0, 0.05) is 12.2 Å². The quantitative estimate of drug-likeness (QED) is 0.707. The SMILES string of the molecule is CCN(C)CCC1OCC(N)=C1C. The van der Waals surface area contributed by atoms with Gasteiger partial charge in [-0.3, -0.25) is 0 Å². The van der Waals surface area contributed by atoms with Crippen LogP contribution in [0.1, 0.15) is 20.3 Å². The lowest BCUT2D eigenvalue weighted by Crippen LogP contribution is -2.23. The molecule has 0 amide bonds. The van der Waals surface area contributed by atoms with Crippen molar-refractivity contribution in [3.05, 3.63) is 11.3 Å². The van der Waals surface area contributed by atoms with Crippen LogP contribution in [0.5, 0.6) is 0 Å². The van der Waals surface area contributed by atoms with Crippen LogP contribution in [-0.4, -0.2) is 37.7 Å². The molecule has 1 unspecified atom stereocenters. The highest BCUT2D eigenvalue weighted by atomic mass is 16.5. The Morgan fingerprint density at radius 3 is 2.77 bits per heavy atom. The van der Waals surface area contributed by atoms with Crippen molar-refractivity contribution in [2.75, 3.05) is 26.7 Å². The summed E-state index contributed by atoms with van der Waals surface area (Å²) in [4.78, 5) is 2.28. The molecule has 3 heteroatoms. The molecule has 1 aliphatic rings. The molecule has 1 aliphatic heterocycles. The fourth-order valence-electron chi connectivity index (χ4n) is 1.43. The maximum absolute atomic E-state index is 5.75. The molecule has 13 heavy (non-hydrogen) atoms. The van der Waals surface area contributed by atoms with Crippen molar-refractivity contribution in [3.63, 3.8) is 0 Å². The molecule has 0 aliphatic carbocycles. The molecule has 1 heterocycles. The van der Waals surface area contributed by atoms with Gasteiger partial charge in [0.2, 0.25) is 0 Å². The van der Waals surface area contributed by atoms with Crippen LogP contribution in [0, 0.1) is 0 Å². The van der Waals surface area contributed by atoms with Crippen molar-refractivity contribution in [2.45, 2.75) is 26.4 Å². The first kappa shape index (κ1) is 10.5. The van der Waals surface area contributed by atoms with Crippen molar-refractivity contribution in [1.82, 2.24) is 4.90 Å². The lowest BCUT2D eigenvalue weighted by molar-refractivity contribution is 0.104. The zero-order chi connectivity index (χ0) is 9.84. The standard InChI is InChI=1S/C10H20N2O/c1-4-12(3)6-5-10-8(2)9(11)7-13-10/h10H,4-7,11H2,1-3H3. The van der Waals surface area contributed by atoms with Gasteiger partial charge >= 0.3 is 0 Å². The minimum atomic E-state index is 0.258. The lowest BCUT2D eigenvalue weighted by atomic mass is 10.1. The Kier molecular flexibility index (Phi) is 3.75. The molecule has 0 radical (unpaired) electrons. The molecule has 0 aromatic carbocycles. The van der Waals surface area contributed by atoms with Crippen LogP contribution >= 0.6 is 0 Å². The van der Waals surface area contributed by atoms with E-state index < -0.39 is 0 Å². The molecule has 1 atom stereocenters. The third-order valence-corrected chi connectivity index (χ3v) is 2.74. The molecular formula is C10H20N2O. The molecule has 76 valence electrons. The third-order valence-electron chi connectivity index (χ3n) is 2.74. The summed E-state index contributed by atoms with van der Waals surface area (Å²) >= 11 is 0. The van der Waals surface area contributed by atoms with E-state index in [0.29, 0.717) is 6.61 Å². The Balaban J connectivity index is 2.31. The zero-order valence-corrected chi connectivity index (χ0v) is 8.84. The van der Waals surface area contributed by atoms with E-state index in [9.17, 15) is 0 Å². The average Bonchev–Trinajstić information content (AvgIpc) is 2.44. The summed E-state index contributed by atoms with van der Waals surface area (Å²) in [6, 6.07) is 0. The first-order valence-electron chi connectivity index (χ1n) is 4.90. The summed E-state index contributed by atoms with van der Waals surface area (Å²) in [7, 11) is 2.12. The van der Waals surface area contributed by atoms with Gasteiger partial charge < -0.3 is 15.4 Å². The number of nitrogens with two attached hydrogens (primary N) is 1. The molecule has 0 spiro atoms. The van der Waals surface area contributed by atoms with E-state index >= 15 is 0 Å². The van der Waals surface area contributed by atoms with E-state index in [1.54, 1.807) is 0 Å². The highest BCUT2D eigenvalue weighted by Gasteiger charge is 2.20. The summed E-state index contributed by atoms with van der Waals surface area (Å²) < 4.78 is 5.55. The van der Waals surface area contributed by atoms with Gasteiger partial charge in [-0.05, 0) is 32.5 Å². The normalized spacial score (nSPS) is 23.2. The second kappa shape index (κ2) is 4.63. The Morgan fingerprint density at radius 2 is 2.31 bits per heavy atom. The number of rotatable bonds is 4. The number of nitrogens with zero attached hydrogens (tertiary/aromatic N) is 1. The molecular weight excluding hydrogens is 164 g/mol. The largest absolute Gasteiger partial charge is 0.400 e. The minimum absolute atomic E-state index is 0.258. The van der Waals surface area contributed by atoms with Crippen LogP contribution in [0.15, 0.2) is 11.3 Å². The van der Waals surface area contributed by atoms with Gasteiger partial charge in [-0.25, -0.2) is 0 Å². The molecule has 1 rings (SSSR count). The molecule has 0 saturated carbocycles. The number of hydrogen-bond donors (Lipinski definition) is 1. The van der Waals surface area contributed by atoms with Gasteiger partial charge in [0.15, 0.2) is 0 Å². The van der Waals surface area contributed by atoms with Crippen LogP contribution in [-0.2, 0) is 4.74 Å². The summed E-state index contributed by atoms with van der Waals surface area (Å²) in [5.41, 5.74) is 7.90. The Hall–Kier alpha value is -0.540. The van der Waals surface area contributed by atoms with Gasteiger partial charge in [-0.15, -0.1) is 0 Å². The summed E-state index contributed by atoms with van der Waals surface area (Å²) in [5.74, 6) is 0. The van der Waals surface area contributed by atoms with Crippen LogP contribution < -0.4 is 5.73 Å². The molecule has 0 saturated heterocycles. The Morgan fingerprint density at radius 1 is 1.62 bits per heavy atom. The molecule has 3 nitrogen and oxygen atoms in total. The first-order valence-corrected chi connectivity index (χ1v) is 4.90. The second-order valence-corrected chi connectivity index (χ2v) is 3.69. The van der Waals surface area contributed by atoms with Crippen molar-refractivity contribution in [2.24, 2.45) is 5.73 Å². The smallest absolute Gasteiger partial charge is 0.0869 e. The van der Waals surface area contributed by atoms with Crippen molar-refractivity contribution < 1.29 is 4.74 Å². The maximum atomic E-state index is 5.75. The summed E-state index contributed by atoms with van der Waals surface area (Å²) in [6.45, 7) is 7.01. The molecule has 2 N–H and O–H groups in total. The van der Waals surface area contributed by atoms with Crippen molar-refractivity contribution in [3.8, 4) is 0 Å². The van der Waals surface area contributed by atoms with Gasteiger partial charge in [0.25, 0.3) is 0 Å². The van der Waals surface area contributed by atoms with Crippen LogP contribution in [0.3, 0.4) is 0 Å². The molecule has 0 aromatic heterocycles. The summed E-state index contributed by atoms with van der Waals surface area (Å²) in [6.07, 6.45) is 1.31. The van der Waals surface area contributed by atoms with Crippen molar-refractivity contribution in [1.29, 1.82) is 0 Å². The maximum Gasteiger partial charge on any atom is 0.0869 e. The van der Waals surface area contributed by atoms with Gasteiger partial charge in [0.1, 0.15) is 0 Å². The Bertz CT molecular complexity index is 201. The summed E-state index contributed by atoms with van der Waals surface area (Å²) in [5, 5.41) is 0. The number of hydrogen-bond acceptors (Lipinski definition) is 3. The first-order chi connectivity index (χ1) is 6.15. The second-order valence-electron chi connectivity index (χ2n) is 3.69.